The first-order valence-corrected chi connectivity index (χ1v) is 5.38. The van der Waals surface area contributed by atoms with Gasteiger partial charge in [-0.05, 0) is 27.9 Å². The summed E-state index contributed by atoms with van der Waals surface area (Å²) in [5, 5.41) is 7.72. The maximum Gasteiger partial charge on any atom is 0.0537 e. The van der Waals surface area contributed by atoms with Crippen molar-refractivity contribution >= 4 is 0 Å². The second-order valence-corrected chi connectivity index (χ2v) is 4.50. The van der Waals surface area contributed by atoms with Gasteiger partial charge < -0.3 is 10.2 Å². The molecule has 1 heterocycles. The van der Waals surface area contributed by atoms with E-state index < -0.39 is 0 Å². The van der Waals surface area contributed by atoms with Crippen molar-refractivity contribution in [1.29, 1.82) is 0 Å². The van der Waals surface area contributed by atoms with Crippen LogP contribution in [0.2, 0.25) is 0 Å². The first-order valence-electron chi connectivity index (χ1n) is 5.38. The zero-order chi connectivity index (χ0) is 11.4. The molecule has 0 spiro atoms. The smallest absolute Gasteiger partial charge is 0.0537 e. The molecule has 1 rings (SSSR count). The normalized spacial score (nSPS) is 15.6. The number of likely N-dealkylation sites (N-methyl/N-ethyl adjacent to an activating group) is 1. The SMILES string of the molecule is CC(CN(C)C)NC(C)c1cnn(C)c1. The summed E-state index contributed by atoms with van der Waals surface area (Å²) in [6.45, 7) is 5.42. The molecule has 0 bridgehead atoms. The van der Waals surface area contributed by atoms with Crippen molar-refractivity contribution in [3.8, 4) is 0 Å². The molecule has 0 amide bonds. The van der Waals surface area contributed by atoms with Gasteiger partial charge in [0.25, 0.3) is 0 Å². The molecule has 1 aromatic rings. The second-order valence-electron chi connectivity index (χ2n) is 4.50. The Labute approximate surface area is 92.3 Å². The van der Waals surface area contributed by atoms with E-state index in [0.717, 1.165) is 6.54 Å². The van der Waals surface area contributed by atoms with Crippen LogP contribution in [0.5, 0.6) is 0 Å². The molecule has 1 N–H and O–H groups in total. The molecule has 0 aromatic carbocycles. The Balaban J connectivity index is 2.45. The third kappa shape index (κ3) is 4.01. The van der Waals surface area contributed by atoms with Gasteiger partial charge in [0.1, 0.15) is 0 Å². The van der Waals surface area contributed by atoms with Crippen LogP contribution in [0.4, 0.5) is 0 Å². The maximum atomic E-state index is 4.17. The summed E-state index contributed by atoms with van der Waals surface area (Å²) in [4.78, 5) is 2.19. The zero-order valence-electron chi connectivity index (χ0n) is 10.4. The van der Waals surface area contributed by atoms with Crippen LogP contribution in [0.3, 0.4) is 0 Å². The molecule has 0 fully saturated rings. The van der Waals surface area contributed by atoms with Crippen molar-refractivity contribution in [1.82, 2.24) is 20.0 Å². The van der Waals surface area contributed by atoms with E-state index in [2.05, 4.69) is 49.5 Å². The molecule has 0 saturated heterocycles. The molecule has 2 atom stereocenters. The highest BCUT2D eigenvalue weighted by Gasteiger charge is 2.11. The van der Waals surface area contributed by atoms with Gasteiger partial charge in [-0.25, -0.2) is 0 Å². The number of nitrogens with one attached hydrogen (secondary N) is 1. The van der Waals surface area contributed by atoms with Crippen molar-refractivity contribution in [3.05, 3.63) is 18.0 Å². The molecular weight excluding hydrogens is 188 g/mol. The van der Waals surface area contributed by atoms with Gasteiger partial charge in [0.05, 0.1) is 6.20 Å². The molecule has 0 aliphatic rings. The lowest BCUT2D eigenvalue weighted by Crippen LogP contribution is -2.37. The first kappa shape index (κ1) is 12.2. The Morgan fingerprint density at radius 2 is 2.13 bits per heavy atom. The summed E-state index contributed by atoms with van der Waals surface area (Å²) in [6, 6.07) is 0.837. The van der Waals surface area contributed by atoms with Crippen LogP contribution < -0.4 is 5.32 Å². The summed E-state index contributed by atoms with van der Waals surface area (Å²) in [5.41, 5.74) is 1.24. The molecule has 0 radical (unpaired) electrons. The first-order chi connectivity index (χ1) is 6.99. The quantitative estimate of drug-likeness (QED) is 0.787. The molecule has 4 nitrogen and oxygen atoms in total. The van der Waals surface area contributed by atoms with E-state index in [1.165, 1.54) is 5.56 Å². The predicted octanol–water partition coefficient (Wildman–Crippen LogP) is 1.02. The van der Waals surface area contributed by atoms with Crippen molar-refractivity contribution in [3.63, 3.8) is 0 Å². The van der Waals surface area contributed by atoms with Crippen LogP contribution in [-0.4, -0.2) is 41.4 Å². The number of aromatic nitrogens is 2. The van der Waals surface area contributed by atoms with Crippen LogP contribution >= 0.6 is 0 Å². The van der Waals surface area contributed by atoms with Crippen LogP contribution in [-0.2, 0) is 7.05 Å². The number of aryl methyl sites for hydroxylation is 1. The lowest BCUT2D eigenvalue weighted by molar-refractivity contribution is 0.334. The average Bonchev–Trinajstić information content (AvgIpc) is 2.49. The lowest BCUT2D eigenvalue weighted by Gasteiger charge is -2.22. The molecular formula is C11H22N4. The van der Waals surface area contributed by atoms with Crippen molar-refractivity contribution < 1.29 is 0 Å². The standard InChI is InChI=1S/C11H22N4/c1-9(7-14(3)4)13-10(2)11-6-12-15(5)8-11/h6,8-10,13H,7H2,1-5H3. The summed E-state index contributed by atoms with van der Waals surface area (Å²) in [5.74, 6) is 0. The highest BCUT2D eigenvalue weighted by molar-refractivity contribution is 5.09. The predicted molar refractivity (Wildman–Crippen MR) is 62.8 cm³/mol. The molecule has 1 aromatic heterocycles. The van der Waals surface area contributed by atoms with E-state index >= 15 is 0 Å². The molecule has 15 heavy (non-hydrogen) atoms. The van der Waals surface area contributed by atoms with Crippen molar-refractivity contribution in [2.75, 3.05) is 20.6 Å². The van der Waals surface area contributed by atoms with E-state index in [1.54, 1.807) is 0 Å². The fourth-order valence-corrected chi connectivity index (χ4v) is 1.79. The molecule has 0 aliphatic heterocycles. The Kier molecular flexibility index (Phi) is 4.29. The van der Waals surface area contributed by atoms with Gasteiger partial charge in [0, 0.05) is 37.4 Å². The molecule has 86 valence electrons. The van der Waals surface area contributed by atoms with Gasteiger partial charge >= 0.3 is 0 Å². The van der Waals surface area contributed by atoms with E-state index in [4.69, 9.17) is 0 Å². The minimum absolute atomic E-state index is 0.355. The van der Waals surface area contributed by atoms with Crippen LogP contribution in [0.25, 0.3) is 0 Å². The zero-order valence-corrected chi connectivity index (χ0v) is 10.4. The van der Waals surface area contributed by atoms with Crippen LogP contribution in [0.1, 0.15) is 25.5 Å². The fourth-order valence-electron chi connectivity index (χ4n) is 1.79. The van der Waals surface area contributed by atoms with Gasteiger partial charge in [-0.15, -0.1) is 0 Å². The largest absolute Gasteiger partial charge is 0.308 e. The second kappa shape index (κ2) is 5.28. The Morgan fingerprint density at radius 1 is 1.47 bits per heavy atom. The number of nitrogens with zero attached hydrogens (tertiary/aromatic N) is 3. The highest BCUT2D eigenvalue weighted by Crippen LogP contribution is 2.11. The number of hydrogen-bond donors (Lipinski definition) is 1. The Hall–Kier alpha value is -0.870. The summed E-state index contributed by atoms with van der Waals surface area (Å²) >= 11 is 0. The van der Waals surface area contributed by atoms with E-state index in [1.807, 2.05) is 17.9 Å². The monoisotopic (exact) mass is 210 g/mol. The van der Waals surface area contributed by atoms with Gasteiger partial charge in [0.2, 0.25) is 0 Å². The topological polar surface area (TPSA) is 33.1 Å². The molecule has 2 unspecified atom stereocenters. The van der Waals surface area contributed by atoms with E-state index in [-0.39, 0.29) is 0 Å². The molecule has 4 heteroatoms. The van der Waals surface area contributed by atoms with E-state index in [9.17, 15) is 0 Å². The minimum Gasteiger partial charge on any atom is -0.308 e. The third-order valence-electron chi connectivity index (χ3n) is 2.40. The van der Waals surface area contributed by atoms with Crippen LogP contribution in [0.15, 0.2) is 12.4 Å². The average molecular weight is 210 g/mol. The number of hydrogen-bond acceptors (Lipinski definition) is 3. The maximum absolute atomic E-state index is 4.17. The van der Waals surface area contributed by atoms with Gasteiger partial charge in [-0.3, -0.25) is 4.68 Å². The Morgan fingerprint density at radius 3 is 2.60 bits per heavy atom. The molecule has 0 saturated carbocycles. The van der Waals surface area contributed by atoms with Gasteiger partial charge in [-0.2, -0.15) is 5.10 Å². The molecule has 0 aliphatic carbocycles. The van der Waals surface area contributed by atoms with Crippen molar-refractivity contribution in [2.45, 2.75) is 25.9 Å². The lowest BCUT2D eigenvalue weighted by atomic mass is 10.1. The van der Waals surface area contributed by atoms with Crippen molar-refractivity contribution in [2.24, 2.45) is 7.05 Å². The highest BCUT2D eigenvalue weighted by atomic mass is 15.2. The summed E-state index contributed by atoms with van der Waals surface area (Å²) in [7, 11) is 6.12. The number of rotatable bonds is 5. The van der Waals surface area contributed by atoms with Gasteiger partial charge in [0.15, 0.2) is 0 Å². The van der Waals surface area contributed by atoms with Crippen LogP contribution in [0, 0.1) is 0 Å². The summed E-state index contributed by atoms with van der Waals surface area (Å²) in [6.07, 6.45) is 3.97. The van der Waals surface area contributed by atoms with E-state index in [0.29, 0.717) is 12.1 Å². The third-order valence-corrected chi connectivity index (χ3v) is 2.40. The Bertz CT molecular complexity index is 293. The fraction of sp³-hybridized carbons (Fsp3) is 0.727. The summed E-state index contributed by atoms with van der Waals surface area (Å²) < 4.78 is 1.84. The van der Waals surface area contributed by atoms with Gasteiger partial charge in [-0.1, -0.05) is 0 Å². The minimum atomic E-state index is 0.355.